The van der Waals surface area contributed by atoms with Gasteiger partial charge < -0.3 is 4.90 Å². The minimum atomic E-state index is -3.82. The molecule has 27 heavy (non-hydrogen) atoms. The van der Waals surface area contributed by atoms with Crippen molar-refractivity contribution in [3.05, 3.63) is 59.4 Å². The van der Waals surface area contributed by atoms with Crippen LogP contribution in [-0.2, 0) is 10.0 Å². The molecule has 1 N–H and O–H groups in total. The highest BCUT2D eigenvalue weighted by atomic mass is 32.2. The number of anilines is 1. The Kier molecular flexibility index (Phi) is 5.51. The van der Waals surface area contributed by atoms with E-state index in [2.05, 4.69) is 11.6 Å². The van der Waals surface area contributed by atoms with Crippen LogP contribution < -0.4 is 4.72 Å². The zero-order valence-electron chi connectivity index (χ0n) is 15.4. The van der Waals surface area contributed by atoms with Crippen LogP contribution in [-0.4, -0.2) is 32.3 Å². The molecular formula is C20H23FN2O3S. The first-order chi connectivity index (χ1) is 12.8. The molecule has 0 aromatic heterocycles. The van der Waals surface area contributed by atoms with E-state index in [1.807, 2.05) is 4.90 Å². The number of hydrogen-bond acceptors (Lipinski definition) is 3. The smallest absolute Gasteiger partial charge is 0.261 e. The van der Waals surface area contributed by atoms with Crippen molar-refractivity contribution in [1.29, 1.82) is 0 Å². The summed E-state index contributed by atoms with van der Waals surface area (Å²) < 4.78 is 40.7. The monoisotopic (exact) mass is 390 g/mol. The summed E-state index contributed by atoms with van der Waals surface area (Å²) >= 11 is 0. The number of aryl methyl sites for hydroxylation is 1. The zero-order valence-corrected chi connectivity index (χ0v) is 16.2. The van der Waals surface area contributed by atoms with Crippen LogP contribution in [0.1, 0.15) is 35.7 Å². The fraction of sp³-hybridized carbons (Fsp3) is 0.350. The number of rotatable bonds is 4. The number of carbonyl (C=O) groups excluding carboxylic acids is 1. The van der Waals surface area contributed by atoms with E-state index in [1.165, 1.54) is 19.1 Å². The highest BCUT2D eigenvalue weighted by Gasteiger charge is 2.21. The second-order valence-corrected chi connectivity index (χ2v) is 8.75. The SMILES string of the molecule is Cc1cc(S(=O)(=O)Nc2ccc(C(=O)N3CCC(C)CC3)cc2)ccc1F. The van der Waals surface area contributed by atoms with Gasteiger partial charge in [-0.15, -0.1) is 0 Å². The Hall–Kier alpha value is -2.41. The quantitative estimate of drug-likeness (QED) is 0.863. The molecule has 1 fully saturated rings. The first-order valence-electron chi connectivity index (χ1n) is 8.94. The van der Waals surface area contributed by atoms with Crippen LogP contribution in [0.25, 0.3) is 0 Å². The van der Waals surface area contributed by atoms with Gasteiger partial charge in [-0.25, -0.2) is 12.8 Å². The molecule has 2 aromatic carbocycles. The fourth-order valence-electron chi connectivity index (χ4n) is 3.07. The number of benzene rings is 2. The molecule has 0 saturated carbocycles. The Labute approximate surface area is 159 Å². The maximum absolute atomic E-state index is 13.4. The summed E-state index contributed by atoms with van der Waals surface area (Å²) in [7, 11) is -3.82. The summed E-state index contributed by atoms with van der Waals surface area (Å²) in [5.41, 5.74) is 1.14. The topological polar surface area (TPSA) is 66.5 Å². The molecular weight excluding hydrogens is 367 g/mol. The predicted octanol–water partition coefficient (Wildman–Crippen LogP) is 3.81. The van der Waals surface area contributed by atoms with Gasteiger partial charge in [-0.1, -0.05) is 6.92 Å². The van der Waals surface area contributed by atoms with Crippen LogP contribution in [0.2, 0.25) is 0 Å². The lowest BCUT2D eigenvalue weighted by Crippen LogP contribution is -2.37. The van der Waals surface area contributed by atoms with E-state index in [1.54, 1.807) is 24.3 Å². The summed E-state index contributed by atoms with van der Waals surface area (Å²) in [5.74, 6) is 0.148. The first-order valence-corrected chi connectivity index (χ1v) is 10.4. The Bertz CT molecular complexity index is 934. The Morgan fingerprint density at radius 3 is 2.33 bits per heavy atom. The molecule has 144 valence electrons. The molecule has 0 atom stereocenters. The molecule has 1 aliphatic heterocycles. The van der Waals surface area contributed by atoms with E-state index in [0.717, 1.165) is 32.0 Å². The molecule has 1 heterocycles. The van der Waals surface area contributed by atoms with E-state index in [9.17, 15) is 17.6 Å². The summed E-state index contributed by atoms with van der Waals surface area (Å²) in [6, 6.07) is 10.0. The van der Waals surface area contributed by atoms with Crippen molar-refractivity contribution in [3.63, 3.8) is 0 Å². The fourth-order valence-corrected chi connectivity index (χ4v) is 4.22. The predicted molar refractivity (Wildman–Crippen MR) is 103 cm³/mol. The number of amides is 1. The number of carbonyl (C=O) groups is 1. The third kappa shape index (κ3) is 4.47. The Morgan fingerprint density at radius 1 is 1.11 bits per heavy atom. The van der Waals surface area contributed by atoms with Crippen LogP contribution in [0.5, 0.6) is 0 Å². The molecule has 2 aromatic rings. The van der Waals surface area contributed by atoms with Crippen LogP contribution in [0, 0.1) is 18.7 Å². The van der Waals surface area contributed by atoms with Gasteiger partial charge in [0, 0.05) is 24.3 Å². The van der Waals surface area contributed by atoms with Crippen LogP contribution in [0.4, 0.5) is 10.1 Å². The van der Waals surface area contributed by atoms with Gasteiger partial charge in [0.25, 0.3) is 15.9 Å². The number of piperidine rings is 1. The van der Waals surface area contributed by atoms with Crippen LogP contribution >= 0.6 is 0 Å². The number of sulfonamides is 1. The third-order valence-corrected chi connectivity index (χ3v) is 6.27. The Balaban J connectivity index is 1.71. The van der Waals surface area contributed by atoms with Gasteiger partial charge >= 0.3 is 0 Å². The lowest BCUT2D eigenvalue weighted by Gasteiger charge is -2.30. The molecule has 7 heteroatoms. The van der Waals surface area contributed by atoms with Crippen molar-refractivity contribution < 1.29 is 17.6 Å². The van der Waals surface area contributed by atoms with Crippen molar-refractivity contribution in [1.82, 2.24) is 4.90 Å². The first kappa shape index (κ1) is 19.4. The maximum Gasteiger partial charge on any atom is 0.261 e. The molecule has 1 saturated heterocycles. The van der Waals surface area contributed by atoms with Crippen molar-refractivity contribution >= 4 is 21.6 Å². The molecule has 0 unspecified atom stereocenters. The van der Waals surface area contributed by atoms with Gasteiger partial charge in [-0.2, -0.15) is 0 Å². The molecule has 0 radical (unpaired) electrons. The van der Waals surface area contributed by atoms with Crippen LogP contribution in [0.3, 0.4) is 0 Å². The van der Waals surface area contributed by atoms with E-state index >= 15 is 0 Å². The highest BCUT2D eigenvalue weighted by molar-refractivity contribution is 7.92. The van der Waals surface area contributed by atoms with Gasteiger partial charge in [-0.3, -0.25) is 9.52 Å². The van der Waals surface area contributed by atoms with Gasteiger partial charge in [0.15, 0.2) is 0 Å². The molecule has 0 bridgehead atoms. The third-order valence-electron chi connectivity index (χ3n) is 4.89. The van der Waals surface area contributed by atoms with E-state index in [-0.39, 0.29) is 16.4 Å². The lowest BCUT2D eigenvalue weighted by atomic mass is 9.98. The largest absolute Gasteiger partial charge is 0.339 e. The average Bonchev–Trinajstić information content (AvgIpc) is 2.64. The van der Waals surface area contributed by atoms with Crippen molar-refractivity contribution in [2.45, 2.75) is 31.6 Å². The van der Waals surface area contributed by atoms with Gasteiger partial charge in [0.05, 0.1) is 4.90 Å². The number of nitrogens with one attached hydrogen (secondary N) is 1. The standard InChI is InChI=1S/C20H23FN2O3S/c1-14-9-11-23(12-10-14)20(24)16-3-5-17(6-4-16)22-27(25,26)18-7-8-19(21)15(2)13-18/h3-8,13-14,22H,9-12H2,1-2H3. The van der Waals surface area contributed by atoms with E-state index < -0.39 is 15.8 Å². The van der Waals surface area contributed by atoms with Crippen molar-refractivity contribution in [2.75, 3.05) is 17.8 Å². The van der Waals surface area contributed by atoms with Crippen molar-refractivity contribution in [3.8, 4) is 0 Å². The number of nitrogens with zero attached hydrogens (tertiary/aromatic N) is 1. The number of halogens is 1. The lowest BCUT2D eigenvalue weighted by molar-refractivity contribution is 0.0697. The maximum atomic E-state index is 13.4. The number of hydrogen-bond donors (Lipinski definition) is 1. The van der Waals surface area contributed by atoms with Gasteiger partial charge in [0.2, 0.25) is 0 Å². The minimum Gasteiger partial charge on any atom is -0.339 e. The molecule has 1 amide bonds. The molecule has 0 aliphatic carbocycles. The summed E-state index contributed by atoms with van der Waals surface area (Å²) in [6.45, 7) is 5.19. The summed E-state index contributed by atoms with van der Waals surface area (Å²) in [4.78, 5) is 14.4. The van der Waals surface area contributed by atoms with Crippen molar-refractivity contribution in [2.24, 2.45) is 5.92 Å². The Morgan fingerprint density at radius 2 is 1.74 bits per heavy atom. The average molecular weight is 390 g/mol. The molecule has 5 nitrogen and oxygen atoms in total. The second-order valence-electron chi connectivity index (χ2n) is 7.07. The van der Waals surface area contributed by atoms with Gasteiger partial charge in [-0.05, 0) is 73.7 Å². The molecule has 1 aliphatic rings. The minimum absolute atomic E-state index is 0.0102. The highest BCUT2D eigenvalue weighted by Crippen LogP contribution is 2.21. The van der Waals surface area contributed by atoms with Gasteiger partial charge in [0.1, 0.15) is 5.82 Å². The summed E-state index contributed by atoms with van der Waals surface area (Å²) in [6.07, 6.45) is 2.00. The molecule has 0 spiro atoms. The molecule has 3 rings (SSSR count). The van der Waals surface area contributed by atoms with Crippen LogP contribution in [0.15, 0.2) is 47.4 Å². The summed E-state index contributed by atoms with van der Waals surface area (Å²) in [5, 5.41) is 0. The second kappa shape index (κ2) is 7.68. The van der Waals surface area contributed by atoms with E-state index in [0.29, 0.717) is 17.2 Å². The van der Waals surface area contributed by atoms with E-state index in [4.69, 9.17) is 0 Å². The number of likely N-dealkylation sites (tertiary alicyclic amines) is 1. The normalized spacial score (nSPS) is 15.6. The zero-order chi connectivity index (χ0) is 19.6.